The second-order valence-corrected chi connectivity index (χ2v) is 9.55. The van der Waals surface area contributed by atoms with Crippen LogP contribution in [0.2, 0.25) is 0 Å². The summed E-state index contributed by atoms with van der Waals surface area (Å²) in [6, 6.07) is 18.1. The zero-order chi connectivity index (χ0) is 24.0. The molecule has 178 valence electrons. The van der Waals surface area contributed by atoms with E-state index in [0.717, 1.165) is 37.9 Å². The van der Waals surface area contributed by atoms with Gasteiger partial charge in [0.15, 0.2) is 5.65 Å². The van der Waals surface area contributed by atoms with E-state index >= 15 is 0 Å². The van der Waals surface area contributed by atoms with Gasteiger partial charge in [-0.25, -0.2) is 0 Å². The van der Waals surface area contributed by atoms with Crippen molar-refractivity contribution in [3.05, 3.63) is 93.4 Å². The molecular weight excluding hydrogens is 440 g/mol. The highest BCUT2D eigenvalue weighted by Crippen LogP contribution is 2.50. The molecule has 8 nitrogen and oxygen atoms in total. The fraction of sp³-hybridized carbons (Fsp3) is 0.296. The highest BCUT2D eigenvalue weighted by atomic mass is 16.2. The summed E-state index contributed by atoms with van der Waals surface area (Å²) in [4.78, 5) is 23.1. The number of nitrogens with zero attached hydrogens (tertiary/aromatic N) is 3. The van der Waals surface area contributed by atoms with Gasteiger partial charge in [-0.1, -0.05) is 54.6 Å². The van der Waals surface area contributed by atoms with Crippen LogP contribution in [0.5, 0.6) is 0 Å². The van der Waals surface area contributed by atoms with Crippen molar-refractivity contribution in [2.75, 3.05) is 24.6 Å². The van der Waals surface area contributed by atoms with Gasteiger partial charge in [0.25, 0.3) is 5.56 Å². The van der Waals surface area contributed by atoms with Crippen molar-refractivity contribution in [3.63, 3.8) is 0 Å². The molecule has 2 aromatic carbocycles. The average Bonchev–Trinajstić information content (AvgIpc) is 3.43. The first kappa shape index (κ1) is 21.8. The Balaban J connectivity index is 1.28. The van der Waals surface area contributed by atoms with Crippen molar-refractivity contribution >= 4 is 22.6 Å². The van der Waals surface area contributed by atoms with E-state index in [1.165, 1.54) is 11.1 Å². The summed E-state index contributed by atoms with van der Waals surface area (Å²) in [6.07, 6.45) is 4.54. The lowest BCUT2D eigenvalue weighted by atomic mass is 9.73. The molecule has 4 aromatic rings. The molecule has 0 radical (unpaired) electrons. The largest absolute Gasteiger partial charge is 0.392 e. The van der Waals surface area contributed by atoms with E-state index < -0.39 is 0 Å². The predicted octanol–water partition coefficient (Wildman–Crippen LogP) is 2.91. The number of aromatic amines is 2. The monoisotopic (exact) mass is 468 g/mol. The number of piperidine rings is 1. The van der Waals surface area contributed by atoms with Crippen molar-refractivity contribution in [1.82, 2.24) is 20.2 Å². The molecule has 35 heavy (non-hydrogen) atoms. The lowest BCUT2D eigenvalue weighted by molar-refractivity contribution is 0.187. The third kappa shape index (κ3) is 3.57. The fourth-order valence-electron chi connectivity index (χ4n) is 5.80. The first-order valence-corrected chi connectivity index (χ1v) is 12.0. The number of fused-ring (bicyclic) bond motifs is 2. The van der Waals surface area contributed by atoms with Gasteiger partial charge in [-0.2, -0.15) is 10.1 Å². The molecule has 1 spiro atoms. The number of nitrogens with one attached hydrogen (secondary N) is 2. The number of hydrogen-bond donors (Lipinski definition) is 4. The van der Waals surface area contributed by atoms with E-state index in [1.54, 1.807) is 6.08 Å². The first-order valence-electron chi connectivity index (χ1n) is 12.0. The van der Waals surface area contributed by atoms with Gasteiger partial charge < -0.3 is 15.7 Å². The van der Waals surface area contributed by atoms with E-state index in [4.69, 9.17) is 10.7 Å². The summed E-state index contributed by atoms with van der Waals surface area (Å²) in [5.74, 6) is 0.545. The second kappa shape index (κ2) is 8.48. The Bertz CT molecular complexity index is 1460. The van der Waals surface area contributed by atoms with Gasteiger partial charge in [0.2, 0.25) is 5.95 Å². The molecule has 2 aliphatic rings. The fourth-order valence-corrected chi connectivity index (χ4v) is 5.80. The Hall–Kier alpha value is -3.75. The molecule has 0 bridgehead atoms. The number of hydrogen-bond acceptors (Lipinski definition) is 6. The van der Waals surface area contributed by atoms with Gasteiger partial charge in [-0.05, 0) is 47.4 Å². The van der Waals surface area contributed by atoms with E-state index in [0.29, 0.717) is 28.2 Å². The van der Waals surface area contributed by atoms with Crippen molar-refractivity contribution in [3.8, 4) is 0 Å². The van der Waals surface area contributed by atoms with Gasteiger partial charge in [0.05, 0.1) is 6.61 Å². The SMILES string of the molecule is NC1c2ccccc2CC12CCN(c1nc3[nH]nc(C(=CCO)c4ccccc4)c3c(=O)[nH]1)CC2. The minimum absolute atomic E-state index is 0.0419. The van der Waals surface area contributed by atoms with Crippen LogP contribution in [-0.2, 0) is 6.42 Å². The van der Waals surface area contributed by atoms with E-state index in [-0.39, 0.29) is 23.6 Å². The zero-order valence-electron chi connectivity index (χ0n) is 19.4. The summed E-state index contributed by atoms with van der Waals surface area (Å²) in [5.41, 5.74) is 11.6. The van der Waals surface area contributed by atoms with Crippen LogP contribution in [0.3, 0.4) is 0 Å². The number of rotatable bonds is 4. The van der Waals surface area contributed by atoms with Gasteiger partial charge in [-0.3, -0.25) is 14.9 Å². The number of anilines is 1. The minimum atomic E-state index is -0.251. The van der Waals surface area contributed by atoms with Crippen LogP contribution in [0, 0.1) is 5.41 Å². The maximum atomic E-state index is 13.2. The molecule has 1 aliphatic heterocycles. The standard InChI is InChI=1S/C27H28N6O2/c28-23-20-9-5-4-8-18(20)16-27(23)11-13-33(14-12-27)26-29-24-21(25(35)30-26)22(31-32-24)19(10-15-34)17-6-2-1-3-7-17/h1-10,23,34H,11-16,28H2,(H2,29,30,31,32,35). The third-order valence-corrected chi connectivity index (χ3v) is 7.70. The Morgan fingerprint density at radius 1 is 1.14 bits per heavy atom. The van der Waals surface area contributed by atoms with Crippen LogP contribution in [0.15, 0.2) is 65.5 Å². The highest BCUT2D eigenvalue weighted by molar-refractivity contribution is 5.93. The quantitative estimate of drug-likeness (QED) is 0.365. The second-order valence-electron chi connectivity index (χ2n) is 9.55. The molecule has 1 saturated heterocycles. The molecule has 5 N–H and O–H groups in total. The molecule has 3 heterocycles. The summed E-state index contributed by atoms with van der Waals surface area (Å²) < 4.78 is 0. The van der Waals surface area contributed by atoms with Crippen LogP contribution in [0.4, 0.5) is 5.95 Å². The lowest BCUT2D eigenvalue weighted by Crippen LogP contribution is -2.45. The predicted molar refractivity (Wildman–Crippen MR) is 136 cm³/mol. The molecule has 6 rings (SSSR count). The summed E-state index contributed by atoms with van der Waals surface area (Å²) in [7, 11) is 0. The summed E-state index contributed by atoms with van der Waals surface area (Å²) >= 11 is 0. The topological polar surface area (TPSA) is 124 Å². The maximum Gasteiger partial charge on any atom is 0.264 e. The molecule has 1 atom stereocenters. The summed E-state index contributed by atoms with van der Waals surface area (Å²) in [6.45, 7) is 1.39. The smallest absolute Gasteiger partial charge is 0.264 e. The molecule has 1 unspecified atom stereocenters. The molecular formula is C27H28N6O2. The van der Waals surface area contributed by atoms with Crippen molar-refractivity contribution < 1.29 is 5.11 Å². The Morgan fingerprint density at radius 3 is 2.63 bits per heavy atom. The number of nitrogens with two attached hydrogens (primary N) is 1. The zero-order valence-corrected chi connectivity index (χ0v) is 19.4. The number of benzene rings is 2. The van der Waals surface area contributed by atoms with Crippen LogP contribution in [0.25, 0.3) is 16.6 Å². The molecule has 0 saturated carbocycles. The number of aliphatic hydroxyl groups is 1. The molecule has 2 aromatic heterocycles. The van der Waals surface area contributed by atoms with Crippen LogP contribution < -0.4 is 16.2 Å². The van der Waals surface area contributed by atoms with Gasteiger partial charge >= 0.3 is 0 Å². The number of aromatic nitrogens is 4. The molecule has 1 aliphatic carbocycles. The van der Waals surface area contributed by atoms with Gasteiger partial charge in [0, 0.05) is 24.7 Å². The van der Waals surface area contributed by atoms with E-state index in [2.05, 4.69) is 44.3 Å². The average molecular weight is 469 g/mol. The van der Waals surface area contributed by atoms with E-state index in [1.807, 2.05) is 30.3 Å². The molecule has 8 heteroatoms. The Kier molecular flexibility index (Phi) is 5.27. The Labute approximate surface area is 202 Å². The molecule has 0 amide bonds. The van der Waals surface area contributed by atoms with Crippen LogP contribution >= 0.6 is 0 Å². The highest BCUT2D eigenvalue weighted by Gasteiger charge is 2.46. The van der Waals surface area contributed by atoms with Gasteiger partial charge in [-0.15, -0.1) is 0 Å². The van der Waals surface area contributed by atoms with E-state index in [9.17, 15) is 9.90 Å². The number of H-pyrrole nitrogens is 2. The normalized spacial score (nSPS) is 19.4. The van der Waals surface area contributed by atoms with Crippen LogP contribution in [0.1, 0.15) is 41.3 Å². The third-order valence-electron chi connectivity index (χ3n) is 7.70. The summed E-state index contributed by atoms with van der Waals surface area (Å²) in [5, 5.41) is 17.3. The maximum absolute atomic E-state index is 13.2. The Morgan fingerprint density at radius 2 is 1.89 bits per heavy atom. The number of aliphatic hydroxyl groups excluding tert-OH is 1. The first-order chi connectivity index (χ1) is 17.1. The minimum Gasteiger partial charge on any atom is -0.392 e. The van der Waals surface area contributed by atoms with Crippen molar-refractivity contribution in [2.45, 2.75) is 25.3 Å². The van der Waals surface area contributed by atoms with Crippen molar-refractivity contribution in [2.24, 2.45) is 11.1 Å². The lowest BCUT2D eigenvalue weighted by Gasteiger charge is -2.42. The molecule has 1 fully saturated rings. The van der Waals surface area contributed by atoms with Crippen molar-refractivity contribution in [1.29, 1.82) is 0 Å². The van der Waals surface area contributed by atoms with Crippen LogP contribution in [-0.4, -0.2) is 45.0 Å². The van der Waals surface area contributed by atoms with Gasteiger partial charge in [0.1, 0.15) is 11.1 Å².